The smallest absolute Gasteiger partial charge is 0.414 e. The Bertz CT molecular complexity index is 844. The van der Waals surface area contributed by atoms with E-state index in [4.69, 9.17) is 15.9 Å². The molecule has 2 heterocycles. The summed E-state index contributed by atoms with van der Waals surface area (Å²) in [6.07, 6.45) is 1.43. The molecule has 2 aliphatic rings. The Kier molecular flexibility index (Phi) is 4.48. The molecule has 0 aromatic heterocycles. The standard InChI is InChI=1S/C21H24N4O2/c22-19(23)24-12-10-21(11-13-24)15-25(18-9-5-4-8-17(18)21)20(26)27-14-16-6-2-1-3-7-16/h1-9H,10-15H2,(H3,22,23). The molecule has 0 unspecified atom stereocenters. The van der Waals surface area contributed by atoms with Crippen LogP contribution in [0.15, 0.2) is 54.6 Å². The molecular formula is C21H24N4O2. The Morgan fingerprint density at radius 2 is 1.74 bits per heavy atom. The normalized spacial score (nSPS) is 17.6. The Morgan fingerprint density at radius 1 is 1.07 bits per heavy atom. The maximum absolute atomic E-state index is 12.8. The fourth-order valence-electron chi connectivity index (χ4n) is 4.19. The zero-order valence-electron chi connectivity index (χ0n) is 15.2. The number of nitrogens with two attached hydrogens (primary N) is 1. The van der Waals surface area contributed by atoms with Gasteiger partial charge in [0.1, 0.15) is 6.61 Å². The summed E-state index contributed by atoms with van der Waals surface area (Å²) in [5, 5.41) is 7.66. The zero-order chi connectivity index (χ0) is 18.9. The van der Waals surface area contributed by atoms with E-state index in [0.717, 1.165) is 37.2 Å². The SMILES string of the molecule is N=C(N)N1CCC2(CC1)CN(C(=O)OCc1ccccc1)c1ccccc12. The van der Waals surface area contributed by atoms with E-state index in [1.807, 2.05) is 53.4 Å². The van der Waals surface area contributed by atoms with Crippen molar-refractivity contribution in [2.24, 2.45) is 5.73 Å². The van der Waals surface area contributed by atoms with Crippen LogP contribution in [-0.4, -0.2) is 36.6 Å². The number of guanidine groups is 1. The van der Waals surface area contributed by atoms with Gasteiger partial charge < -0.3 is 15.4 Å². The molecule has 1 amide bonds. The van der Waals surface area contributed by atoms with Gasteiger partial charge in [-0.25, -0.2) is 4.79 Å². The molecule has 3 N–H and O–H groups in total. The highest BCUT2D eigenvalue weighted by atomic mass is 16.6. The first-order chi connectivity index (χ1) is 13.1. The van der Waals surface area contributed by atoms with Crippen LogP contribution in [0.1, 0.15) is 24.0 Å². The molecule has 2 aromatic carbocycles. The topological polar surface area (TPSA) is 82.7 Å². The molecule has 1 saturated heterocycles. The molecule has 1 spiro atoms. The van der Waals surface area contributed by atoms with Crippen LogP contribution in [-0.2, 0) is 16.8 Å². The first-order valence-electron chi connectivity index (χ1n) is 9.26. The Morgan fingerprint density at radius 3 is 2.44 bits per heavy atom. The number of likely N-dealkylation sites (tertiary alicyclic amines) is 1. The molecule has 2 aromatic rings. The third kappa shape index (κ3) is 3.23. The van der Waals surface area contributed by atoms with Crippen LogP contribution in [0.3, 0.4) is 0 Å². The summed E-state index contributed by atoms with van der Waals surface area (Å²) in [7, 11) is 0. The third-order valence-corrected chi connectivity index (χ3v) is 5.71. The highest BCUT2D eigenvalue weighted by molar-refractivity contribution is 5.91. The number of nitrogens with one attached hydrogen (secondary N) is 1. The molecule has 27 heavy (non-hydrogen) atoms. The van der Waals surface area contributed by atoms with E-state index in [9.17, 15) is 4.79 Å². The number of piperidine rings is 1. The van der Waals surface area contributed by atoms with E-state index in [2.05, 4.69) is 6.07 Å². The van der Waals surface area contributed by atoms with Crippen LogP contribution < -0.4 is 10.6 Å². The minimum Gasteiger partial charge on any atom is -0.444 e. The summed E-state index contributed by atoms with van der Waals surface area (Å²) in [5.41, 5.74) is 8.67. The minimum absolute atomic E-state index is 0.0890. The first-order valence-corrected chi connectivity index (χ1v) is 9.26. The molecule has 140 valence electrons. The Labute approximate surface area is 159 Å². The van der Waals surface area contributed by atoms with Crippen molar-refractivity contribution in [1.29, 1.82) is 5.41 Å². The lowest BCUT2D eigenvalue weighted by Crippen LogP contribution is -2.49. The summed E-state index contributed by atoms with van der Waals surface area (Å²) in [5.74, 6) is 0.121. The average Bonchev–Trinajstić information content (AvgIpc) is 3.02. The third-order valence-electron chi connectivity index (χ3n) is 5.71. The second-order valence-electron chi connectivity index (χ2n) is 7.30. The van der Waals surface area contributed by atoms with Gasteiger partial charge in [0, 0.05) is 25.0 Å². The number of hydrogen-bond donors (Lipinski definition) is 2. The van der Waals surface area contributed by atoms with E-state index < -0.39 is 0 Å². The van der Waals surface area contributed by atoms with Gasteiger partial charge in [-0.1, -0.05) is 48.5 Å². The number of fused-ring (bicyclic) bond motifs is 2. The van der Waals surface area contributed by atoms with E-state index in [1.165, 1.54) is 5.56 Å². The summed E-state index contributed by atoms with van der Waals surface area (Å²) < 4.78 is 5.58. The Hall–Kier alpha value is -3.02. The molecule has 2 aliphatic heterocycles. The maximum atomic E-state index is 12.8. The van der Waals surface area contributed by atoms with Crippen molar-refractivity contribution >= 4 is 17.7 Å². The van der Waals surface area contributed by atoms with Gasteiger partial charge in [-0.3, -0.25) is 10.3 Å². The van der Waals surface area contributed by atoms with E-state index in [1.54, 1.807) is 4.90 Å². The lowest BCUT2D eigenvalue weighted by Gasteiger charge is -2.39. The Balaban J connectivity index is 1.52. The first kappa shape index (κ1) is 17.4. The molecule has 0 atom stereocenters. The van der Waals surface area contributed by atoms with Crippen LogP contribution in [0.25, 0.3) is 0 Å². The van der Waals surface area contributed by atoms with Crippen molar-refractivity contribution in [1.82, 2.24) is 4.90 Å². The second kappa shape index (κ2) is 6.95. The minimum atomic E-state index is -0.308. The van der Waals surface area contributed by atoms with Gasteiger partial charge in [0.2, 0.25) is 0 Å². The quantitative estimate of drug-likeness (QED) is 0.634. The van der Waals surface area contributed by atoms with Gasteiger partial charge in [-0.15, -0.1) is 0 Å². The summed E-state index contributed by atoms with van der Waals surface area (Å²) >= 11 is 0. The molecular weight excluding hydrogens is 340 g/mol. The van der Waals surface area contributed by atoms with Gasteiger partial charge in [0.15, 0.2) is 5.96 Å². The highest BCUT2D eigenvalue weighted by Crippen LogP contribution is 2.47. The van der Waals surface area contributed by atoms with Gasteiger partial charge in [-0.2, -0.15) is 0 Å². The van der Waals surface area contributed by atoms with Crippen LogP contribution in [0.5, 0.6) is 0 Å². The number of hydrogen-bond acceptors (Lipinski definition) is 3. The number of rotatable bonds is 2. The van der Waals surface area contributed by atoms with Crippen LogP contribution in [0.2, 0.25) is 0 Å². The summed E-state index contributed by atoms with van der Waals surface area (Å²) in [4.78, 5) is 16.5. The van der Waals surface area contributed by atoms with E-state index in [0.29, 0.717) is 6.54 Å². The zero-order valence-corrected chi connectivity index (χ0v) is 15.2. The van der Waals surface area contributed by atoms with Crippen LogP contribution in [0, 0.1) is 5.41 Å². The van der Waals surface area contributed by atoms with Crippen molar-refractivity contribution in [3.63, 3.8) is 0 Å². The van der Waals surface area contributed by atoms with Crippen molar-refractivity contribution in [3.05, 3.63) is 65.7 Å². The second-order valence-corrected chi connectivity index (χ2v) is 7.30. The molecule has 0 bridgehead atoms. The number of amides is 1. The fourth-order valence-corrected chi connectivity index (χ4v) is 4.19. The number of anilines is 1. The molecule has 0 saturated carbocycles. The fraction of sp³-hybridized carbons (Fsp3) is 0.333. The predicted molar refractivity (Wildman–Crippen MR) is 105 cm³/mol. The number of para-hydroxylation sites is 1. The molecule has 1 fully saturated rings. The van der Waals surface area contributed by atoms with E-state index >= 15 is 0 Å². The van der Waals surface area contributed by atoms with Crippen molar-refractivity contribution in [3.8, 4) is 0 Å². The van der Waals surface area contributed by atoms with Crippen molar-refractivity contribution in [2.75, 3.05) is 24.5 Å². The number of benzene rings is 2. The summed E-state index contributed by atoms with van der Waals surface area (Å²) in [6.45, 7) is 2.35. The molecule has 0 aliphatic carbocycles. The lowest BCUT2D eigenvalue weighted by atomic mass is 9.74. The van der Waals surface area contributed by atoms with Crippen molar-refractivity contribution < 1.29 is 9.53 Å². The lowest BCUT2D eigenvalue weighted by molar-refractivity contribution is 0.144. The molecule has 0 radical (unpaired) electrons. The average molecular weight is 364 g/mol. The van der Waals surface area contributed by atoms with Gasteiger partial charge in [0.05, 0.1) is 5.69 Å². The van der Waals surface area contributed by atoms with Crippen LogP contribution >= 0.6 is 0 Å². The maximum Gasteiger partial charge on any atom is 0.414 e. The van der Waals surface area contributed by atoms with Crippen molar-refractivity contribution in [2.45, 2.75) is 24.9 Å². The molecule has 6 heteroatoms. The number of carbonyl (C=O) groups excluding carboxylic acids is 1. The largest absolute Gasteiger partial charge is 0.444 e. The van der Waals surface area contributed by atoms with E-state index in [-0.39, 0.29) is 24.1 Å². The number of nitrogens with zero attached hydrogens (tertiary/aromatic N) is 2. The number of ether oxygens (including phenoxy) is 1. The van der Waals surface area contributed by atoms with Gasteiger partial charge in [-0.05, 0) is 30.0 Å². The van der Waals surface area contributed by atoms with Crippen LogP contribution in [0.4, 0.5) is 10.5 Å². The molecule has 4 rings (SSSR count). The van der Waals surface area contributed by atoms with Gasteiger partial charge >= 0.3 is 6.09 Å². The highest BCUT2D eigenvalue weighted by Gasteiger charge is 2.46. The molecule has 6 nitrogen and oxygen atoms in total. The monoisotopic (exact) mass is 364 g/mol. The van der Waals surface area contributed by atoms with Gasteiger partial charge in [0.25, 0.3) is 0 Å². The number of carbonyl (C=O) groups is 1. The predicted octanol–water partition coefficient (Wildman–Crippen LogP) is 3.07. The summed E-state index contributed by atoms with van der Waals surface area (Å²) in [6, 6.07) is 17.8.